The summed E-state index contributed by atoms with van der Waals surface area (Å²) in [6.07, 6.45) is 2.75. The number of ether oxygens (including phenoxy) is 1. The minimum atomic E-state index is -0.507. The van der Waals surface area contributed by atoms with E-state index in [0.29, 0.717) is 16.9 Å². The topological polar surface area (TPSA) is 119 Å². The molecule has 1 aromatic rings. The second kappa shape index (κ2) is 7.63. The Hall–Kier alpha value is -2.44. The monoisotopic (exact) mass is 348 g/mol. The summed E-state index contributed by atoms with van der Waals surface area (Å²) >= 11 is 0. The number of benzene rings is 1. The molecule has 7 heteroatoms. The Kier molecular flexibility index (Phi) is 5.77. The molecule has 2 rings (SSSR count). The van der Waals surface area contributed by atoms with E-state index in [1.54, 1.807) is 18.2 Å². The summed E-state index contributed by atoms with van der Waals surface area (Å²) in [6.45, 7) is 5.50. The molecule has 0 radical (unpaired) electrons. The van der Waals surface area contributed by atoms with Gasteiger partial charge in [-0.3, -0.25) is 4.79 Å². The number of rotatable bonds is 3. The number of carbonyl (C=O) groups is 2. The van der Waals surface area contributed by atoms with Gasteiger partial charge in [-0.05, 0) is 58.6 Å². The molecule has 1 saturated carbocycles. The predicted molar refractivity (Wildman–Crippen MR) is 98.1 cm³/mol. The van der Waals surface area contributed by atoms with Gasteiger partial charge in [-0.2, -0.15) is 0 Å². The van der Waals surface area contributed by atoms with E-state index in [0.717, 1.165) is 25.7 Å². The molecule has 25 heavy (non-hydrogen) atoms. The highest BCUT2D eigenvalue weighted by Gasteiger charge is 2.26. The van der Waals surface area contributed by atoms with E-state index >= 15 is 0 Å². The molecule has 1 aromatic carbocycles. The summed E-state index contributed by atoms with van der Waals surface area (Å²) < 4.78 is 5.27. The zero-order chi connectivity index (χ0) is 18.6. The third-order valence-corrected chi connectivity index (χ3v) is 4.17. The van der Waals surface area contributed by atoms with Gasteiger partial charge in [-0.1, -0.05) is 6.07 Å². The van der Waals surface area contributed by atoms with Crippen LogP contribution in [0.2, 0.25) is 0 Å². The van der Waals surface area contributed by atoms with Gasteiger partial charge in [-0.25, -0.2) is 4.79 Å². The fraction of sp³-hybridized carbons (Fsp3) is 0.556. The van der Waals surface area contributed by atoms with Crippen LogP contribution in [-0.2, 0) is 4.74 Å². The van der Waals surface area contributed by atoms with Crippen molar-refractivity contribution in [2.24, 2.45) is 0 Å². The van der Waals surface area contributed by atoms with Gasteiger partial charge in [0.2, 0.25) is 0 Å². The number of nitrogen functional groups attached to an aromatic ring is 2. The molecule has 0 aromatic heterocycles. The Morgan fingerprint density at radius 2 is 1.60 bits per heavy atom. The molecule has 2 amide bonds. The van der Waals surface area contributed by atoms with Crippen LogP contribution in [0.4, 0.5) is 16.2 Å². The van der Waals surface area contributed by atoms with Crippen molar-refractivity contribution in [2.45, 2.75) is 64.1 Å². The first-order chi connectivity index (χ1) is 11.7. The number of nitrogens with two attached hydrogens (primary N) is 2. The number of hydrogen-bond donors (Lipinski definition) is 4. The number of carbonyl (C=O) groups excluding carboxylic acids is 2. The first-order valence-electron chi connectivity index (χ1n) is 8.60. The van der Waals surface area contributed by atoms with Gasteiger partial charge in [0.1, 0.15) is 5.60 Å². The molecule has 0 spiro atoms. The Balaban J connectivity index is 1.81. The van der Waals surface area contributed by atoms with Crippen molar-refractivity contribution in [1.29, 1.82) is 0 Å². The van der Waals surface area contributed by atoms with Crippen LogP contribution in [0.25, 0.3) is 0 Å². The minimum Gasteiger partial charge on any atom is -0.444 e. The van der Waals surface area contributed by atoms with E-state index in [-0.39, 0.29) is 18.0 Å². The van der Waals surface area contributed by atoms with Gasteiger partial charge in [0.25, 0.3) is 5.91 Å². The van der Waals surface area contributed by atoms with E-state index in [1.807, 2.05) is 20.8 Å². The summed E-state index contributed by atoms with van der Waals surface area (Å²) in [5, 5.41) is 5.88. The lowest BCUT2D eigenvalue weighted by molar-refractivity contribution is 0.0488. The number of para-hydroxylation sites is 1. The van der Waals surface area contributed by atoms with Crippen LogP contribution < -0.4 is 22.1 Å². The molecule has 0 saturated heterocycles. The molecular formula is C18H28N4O3. The normalized spacial score (nSPS) is 20.6. The second-order valence-electron chi connectivity index (χ2n) is 7.48. The summed E-state index contributed by atoms with van der Waals surface area (Å²) in [4.78, 5) is 24.2. The standard InChI is InChI=1S/C18H28N4O3/c1-18(2,3)25-17(24)22-12-9-7-11(8-10-12)21-16(23)13-5-4-6-14(19)15(13)20/h4-6,11-12H,7-10,19-20H2,1-3H3,(H,21,23)(H,22,24). The highest BCUT2D eigenvalue weighted by Crippen LogP contribution is 2.22. The molecule has 0 aliphatic heterocycles. The van der Waals surface area contributed by atoms with Gasteiger partial charge in [0.05, 0.1) is 16.9 Å². The maximum absolute atomic E-state index is 12.4. The SMILES string of the molecule is CC(C)(C)OC(=O)NC1CCC(NC(=O)c2cccc(N)c2N)CC1. The third kappa shape index (κ3) is 5.55. The quantitative estimate of drug-likeness (QED) is 0.625. The van der Waals surface area contributed by atoms with Gasteiger partial charge < -0.3 is 26.8 Å². The maximum atomic E-state index is 12.4. The van der Waals surface area contributed by atoms with Crippen LogP contribution >= 0.6 is 0 Å². The second-order valence-corrected chi connectivity index (χ2v) is 7.48. The van der Waals surface area contributed by atoms with E-state index < -0.39 is 11.7 Å². The van der Waals surface area contributed by atoms with Crippen molar-refractivity contribution in [3.8, 4) is 0 Å². The molecule has 0 unspecified atom stereocenters. The zero-order valence-electron chi connectivity index (χ0n) is 15.1. The molecule has 1 aliphatic rings. The molecular weight excluding hydrogens is 320 g/mol. The fourth-order valence-electron chi connectivity index (χ4n) is 2.90. The molecule has 1 aliphatic carbocycles. The molecule has 138 valence electrons. The van der Waals surface area contributed by atoms with Crippen molar-refractivity contribution >= 4 is 23.4 Å². The summed E-state index contributed by atoms with van der Waals surface area (Å²) in [6, 6.07) is 5.17. The first-order valence-corrected chi connectivity index (χ1v) is 8.60. The smallest absolute Gasteiger partial charge is 0.407 e. The van der Waals surface area contributed by atoms with Crippen molar-refractivity contribution in [2.75, 3.05) is 11.5 Å². The average molecular weight is 348 g/mol. The Morgan fingerprint density at radius 1 is 1.04 bits per heavy atom. The summed E-state index contributed by atoms with van der Waals surface area (Å²) in [5.74, 6) is -0.214. The van der Waals surface area contributed by atoms with E-state index in [2.05, 4.69) is 10.6 Å². The van der Waals surface area contributed by atoms with Crippen LogP contribution in [0.15, 0.2) is 18.2 Å². The molecule has 0 heterocycles. The average Bonchev–Trinajstić information content (AvgIpc) is 2.50. The molecule has 1 fully saturated rings. The van der Waals surface area contributed by atoms with Crippen LogP contribution in [0.1, 0.15) is 56.8 Å². The Labute approximate surface area is 148 Å². The van der Waals surface area contributed by atoms with Gasteiger partial charge >= 0.3 is 6.09 Å². The highest BCUT2D eigenvalue weighted by atomic mass is 16.6. The van der Waals surface area contributed by atoms with E-state index in [9.17, 15) is 9.59 Å². The summed E-state index contributed by atoms with van der Waals surface area (Å²) in [5.41, 5.74) is 12.2. The largest absolute Gasteiger partial charge is 0.444 e. The predicted octanol–water partition coefficient (Wildman–Crippen LogP) is 2.42. The Morgan fingerprint density at radius 3 is 2.16 bits per heavy atom. The van der Waals surface area contributed by atoms with Gasteiger partial charge in [-0.15, -0.1) is 0 Å². The fourth-order valence-corrected chi connectivity index (χ4v) is 2.90. The lowest BCUT2D eigenvalue weighted by atomic mass is 9.91. The highest BCUT2D eigenvalue weighted by molar-refractivity contribution is 6.01. The van der Waals surface area contributed by atoms with Crippen molar-refractivity contribution in [1.82, 2.24) is 10.6 Å². The number of hydrogen-bond acceptors (Lipinski definition) is 5. The Bertz CT molecular complexity index is 632. The molecule has 0 atom stereocenters. The van der Waals surface area contributed by atoms with Gasteiger partial charge in [0, 0.05) is 12.1 Å². The van der Waals surface area contributed by atoms with Crippen LogP contribution in [-0.4, -0.2) is 29.7 Å². The zero-order valence-corrected chi connectivity index (χ0v) is 15.1. The number of alkyl carbamates (subject to hydrolysis) is 1. The van der Waals surface area contributed by atoms with Crippen LogP contribution in [0.5, 0.6) is 0 Å². The van der Waals surface area contributed by atoms with Crippen LogP contribution in [0.3, 0.4) is 0 Å². The van der Waals surface area contributed by atoms with Gasteiger partial charge in [0.15, 0.2) is 0 Å². The molecule has 0 bridgehead atoms. The minimum absolute atomic E-state index is 0.0602. The van der Waals surface area contributed by atoms with E-state index in [4.69, 9.17) is 16.2 Å². The first kappa shape index (κ1) is 18.9. The maximum Gasteiger partial charge on any atom is 0.407 e. The van der Waals surface area contributed by atoms with Crippen molar-refractivity contribution < 1.29 is 14.3 Å². The lowest BCUT2D eigenvalue weighted by Gasteiger charge is -2.30. The van der Waals surface area contributed by atoms with Crippen LogP contribution in [0, 0.1) is 0 Å². The number of anilines is 2. The molecule has 6 N–H and O–H groups in total. The third-order valence-electron chi connectivity index (χ3n) is 4.17. The van der Waals surface area contributed by atoms with Crippen molar-refractivity contribution in [3.05, 3.63) is 23.8 Å². The number of nitrogens with one attached hydrogen (secondary N) is 2. The lowest BCUT2D eigenvalue weighted by Crippen LogP contribution is -2.45. The van der Waals surface area contributed by atoms with Crippen molar-refractivity contribution in [3.63, 3.8) is 0 Å². The van der Waals surface area contributed by atoms with E-state index in [1.165, 1.54) is 0 Å². The summed E-state index contributed by atoms with van der Waals surface area (Å²) in [7, 11) is 0. The number of amides is 2. The molecule has 7 nitrogen and oxygen atoms in total.